The Morgan fingerprint density at radius 1 is 1.11 bits per heavy atom. The predicted octanol–water partition coefficient (Wildman–Crippen LogP) is 2.64. The molecule has 28 heavy (non-hydrogen) atoms. The summed E-state index contributed by atoms with van der Waals surface area (Å²) in [5, 5.41) is 6.76. The molecule has 0 spiro atoms. The maximum absolute atomic E-state index is 5.43. The number of hydrogen-bond donors (Lipinski definition) is 2. The van der Waals surface area contributed by atoms with Gasteiger partial charge in [0.15, 0.2) is 17.5 Å². The SMILES string of the molecule is CCNC(=NCc1cc(OC)c(OC)c(OC)c1)NCCN1CCCCC1C. The molecule has 158 valence electrons. The van der Waals surface area contributed by atoms with Crippen LogP contribution in [0.4, 0.5) is 0 Å². The first-order valence-corrected chi connectivity index (χ1v) is 10.2. The average Bonchev–Trinajstić information content (AvgIpc) is 2.72. The van der Waals surface area contributed by atoms with E-state index in [9.17, 15) is 0 Å². The first-order valence-electron chi connectivity index (χ1n) is 10.2. The molecular weight excluding hydrogens is 356 g/mol. The molecule has 1 heterocycles. The number of aliphatic imine (C=N–C) groups is 1. The zero-order chi connectivity index (χ0) is 20.4. The lowest BCUT2D eigenvalue weighted by Gasteiger charge is -2.33. The van der Waals surface area contributed by atoms with Crippen molar-refractivity contribution < 1.29 is 14.2 Å². The lowest BCUT2D eigenvalue weighted by Crippen LogP contribution is -2.45. The Morgan fingerprint density at radius 2 is 1.82 bits per heavy atom. The van der Waals surface area contributed by atoms with Gasteiger partial charge in [0.2, 0.25) is 5.75 Å². The zero-order valence-electron chi connectivity index (χ0n) is 18.0. The Bertz CT molecular complexity index is 611. The van der Waals surface area contributed by atoms with Crippen LogP contribution in [-0.2, 0) is 6.54 Å². The van der Waals surface area contributed by atoms with Gasteiger partial charge in [-0.1, -0.05) is 6.42 Å². The van der Waals surface area contributed by atoms with Crippen LogP contribution in [0.15, 0.2) is 17.1 Å². The van der Waals surface area contributed by atoms with Crippen LogP contribution in [0.2, 0.25) is 0 Å². The van der Waals surface area contributed by atoms with Crippen molar-refractivity contribution in [2.45, 2.75) is 45.7 Å². The minimum absolute atomic E-state index is 0.520. The van der Waals surface area contributed by atoms with Gasteiger partial charge in [-0.05, 0) is 50.9 Å². The lowest BCUT2D eigenvalue weighted by molar-refractivity contribution is 0.163. The van der Waals surface area contributed by atoms with E-state index in [1.165, 1.54) is 25.8 Å². The maximum Gasteiger partial charge on any atom is 0.203 e. The molecule has 7 heteroatoms. The fourth-order valence-electron chi connectivity index (χ4n) is 3.55. The minimum atomic E-state index is 0.520. The second kappa shape index (κ2) is 11.6. The summed E-state index contributed by atoms with van der Waals surface area (Å²) in [6.07, 6.45) is 3.96. The minimum Gasteiger partial charge on any atom is -0.493 e. The normalized spacial score (nSPS) is 17.9. The van der Waals surface area contributed by atoms with Crippen LogP contribution < -0.4 is 24.8 Å². The van der Waals surface area contributed by atoms with E-state index >= 15 is 0 Å². The molecule has 7 nitrogen and oxygen atoms in total. The standard InChI is InChI=1S/C21H36N4O3/c1-6-22-21(23-10-12-25-11-8-7-9-16(25)2)24-15-17-13-18(26-3)20(28-5)19(14-17)27-4/h13-14,16H,6-12,15H2,1-5H3,(H2,22,23,24). The number of nitrogens with one attached hydrogen (secondary N) is 2. The number of benzene rings is 1. The van der Waals surface area contributed by atoms with Crippen LogP contribution in [0.1, 0.15) is 38.7 Å². The van der Waals surface area contributed by atoms with Gasteiger partial charge in [0, 0.05) is 25.7 Å². The summed E-state index contributed by atoms with van der Waals surface area (Å²) in [7, 11) is 4.85. The Morgan fingerprint density at radius 3 is 2.39 bits per heavy atom. The molecule has 1 aromatic carbocycles. The summed E-state index contributed by atoms with van der Waals surface area (Å²) in [5.41, 5.74) is 0.997. The van der Waals surface area contributed by atoms with Gasteiger partial charge in [0.05, 0.1) is 27.9 Å². The third kappa shape index (κ3) is 6.19. The number of rotatable bonds is 9. The zero-order valence-corrected chi connectivity index (χ0v) is 18.0. The molecule has 1 aliphatic rings. The van der Waals surface area contributed by atoms with Crippen LogP contribution in [-0.4, -0.2) is 64.4 Å². The third-order valence-electron chi connectivity index (χ3n) is 5.12. The van der Waals surface area contributed by atoms with Crippen molar-refractivity contribution >= 4 is 5.96 Å². The quantitative estimate of drug-likeness (QED) is 0.497. The number of piperidine rings is 1. The van der Waals surface area contributed by atoms with Gasteiger partial charge in [-0.3, -0.25) is 4.90 Å². The topological polar surface area (TPSA) is 67.4 Å². The molecule has 2 rings (SSSR count). The van der Waals surface area contributed by atoms with Gasteiger partial charge < -0.3 is 24.8 Å². The molecule has 1 unspecified atom stereocenters. The molecule has 1 aromatic rings. The largest absolute Gasteiger partial charge is 0.493 e. The van der Waals surface area contributed by atoms with Gasteiger partial charge in [-0.25, -0.2) is 4.99 Å². The van der Waals surface area contributed by atoms with E-state index in [1.54, 1.807) is 21.3 Å². The van der Waals surface area contributed by atoms with E-state index in [4.69, 9.17) is 19.2 Å². The maximum atomic E-state index is 5.43. The Kier molecular flexibility index (Phi) is 9.20. The van der Waals surface area contributed by atoms with E-state index in [0.717, 1.165) is 31.2 Å². The number of likely N-dealkylation sites (tertiary alicyclic amines) is 1. The molecular formula is C21H36N4O3. The third-order valence-corrected chi connectivity index (χ3v) is 5.12. The fourth-order valence-corrected chi connectivity index (χ4v) is 3.55. The molecule has 1 saturated heterocycles. The summed E-state index contributed by atoms with van der Waals surface area (Å²) in [4.78, 5) is 7.27. The van der Waals surface area contributed by atoms with E-state index < -0.39 is 0 Å². The summed E-state index contributed by atoms with van der Waals surface area (Å²) in [5.74, 6) is 2.70. The molecule has 1 atom stereocenters. The summed E-state index contributed by atoms with van der Waals surface area (Å²) in [6, 6.07) is 4.54. The highest BCUT2D eigenvalue weighted by molar-refractivity contribution is 5.79. The highest BCUT2D eigenvalue weighted by Gasteiger charge is 2.17. The molecule has 1 fully saturated rings. The predicted molar refractivity (Wildman–Crippen MR) is 114 cm³/mol. The molecule has 0 saturated carbocycles. The second-order valence-electron chi connectivity index (χ2n) is 7.04. The van der Waals surface area contributed by atoms with E-state index in [1.807, 2.05) is 12.1 Å². The first-order chi connectivity index (χ1) is 13.6. The van der Waals surface area contributed by atoms with Crippen molar-refractivity contribution in [2.24, 2.45) is 4.99 Å². The molecule has 0 aromatic heterocycles. The fraction of sp³-hybridized carbons (Fsp3) is 0.667. The smallest absolute Gasteiger partial charge is 0.203 e. The monoisotopic (exact) mass is 392 g/mol. The molecule has 0 aliphatic carbocycles. The Labute approximate surface area is 169 Å². The summed E-state index contributed by atoms with van der Waals surface area (Å²) >= 11 is 0. The van der Waals surface area contributed by atoms with Crippen molar-refractivity contribution in [3.63, 3.8) is 0 Å². The van der Waals surface area contributed by atoms with E-state index in [0.29, 0.717) is 29.8 Å². The Balaban J connectivity index is 1.99. The summed E-state index contributed by atoms with van der Waals surface area (Å²) < 4.78 is 16.2. The molecule has 0 radical (unpaired) electrons. The van der Waals surface area contributed by atoms with Gasteiger partial charge in [-0.15, -0.1) is 0 Å². The van der Waals surface area contributed by atoms with Crippen LogP contribution >= 0.6 is 0 Å². The van der Waals surface area contributed by atoms with Gasteiger partial charge >= 0.3 is 0 Å². The highest BCUT2D eigenvalue weighted by atomic mass is 16.5. The summed E-state index contributed by atoms with van der Waals surface area (Å²) in [6.45, 7) is 8.85. The van der Waals surface area contributed by atoms with Crippen molar-refractivity contribution in [1.29, 1.82) is 0 Å². The molecule has 2 N–H and O–H groups in total. The first kappa shape index (κ1) is 22.1. The van der Waals surface area contributed by atoms with Gasteiger partial charge in [0.1, 0.15) is 0 Å². The second-order valence-corrected chi connectivity index (χ2v) is 7.04. The highest BCUT2D eigenvalue weighted by Crippen LogP contribution is 2.38. The van der Waals surface area contributed by atoms with Crippen LogP contribution in [0, 0.1) is 0 Å². The van der Waals surface area contributed by atoms with Gasteiger partial charge in [-0.2, -0.15) is 0 Å². The number of guanidine groups is 1. The molecule has 0 amide bonds. The van der Waals surface area contributed by atoms with E-state index in [2.05, 4.69) is 29.4 Å². The van der Waals surface area contributed by atoms with Crippen molar-refractivity contribution in [1.82, 2.24) is 15.5 Å². The van der Waals surface area contributed by atoms with Crippen LogP contribution in [0.5, 0.6) is 17.2 Å². The Hall–Kier alpha value is -2.15. The number of methoxy groups -OCH3 is 3. The van der Waals surface area contributed by atoms with Crippen molar-refractivity contribution in [3.8, 4) is 17.2 Å². The van der Waals surface area contributed by atoms with E-state index in [-0.39, 0.29) is 0 Å². The van der Waals surface area contributed by atoms with Crippen LogP contribution in [0.25, 0.3) is 0 Å². The van der Waals surface area contributed by atoms with Gasteiger partial charge in [0.25, 0.3) is 0 Å². The molecule has 1 aliphatic heterocycles. The average molecular weight is 393 g/mol. The van der Waals surface area contributed by atoms with Crippen LogP contribution in [0.3, 0.4) is 0 Å². The van der Waals surface area contributed by atoms with Crippen molar-refractivity contribution in [2.75, 3.05) is 47.5 Å². The molecule has 0 bridgehead atoms. The number of ether oxygens (including phenoxy) is 3. The number of nitrogens with zero attached hydrogens (tertiary/aromatic N) is 2. The lowest BCUT2D eigenvalue weighted by atomic mass is 10.0. The van der Waals surface area contributed by atoms with Crippen molar-refractivity contribution in [3.05, 3.63) is 17.7 Å². The number of hydrogen-bond acceptors (Lipinski definition) is 5.